The zero-order valence-corrected chi connectivity index (χ0v) is 23.3. The predicted octanol–water partition coefficient (Wildman–Crippen LogP) is 2.77. The van der Waals surface area contributed by atoms with Crippen molar-refractivity contribution in [3.05, 3.63) is 0 Å². The lowest BCUT2D eigenvalue weighted by molar-refractivity contribution is -0.196. The summed E-state index contributed by atoms with van der Waals surface area (Å²) in [6.45, 7) is 18.6. The maximum atomic E-state index is 10.3. The van der Waals surface area contributed by atoms with Gasteiger partial charge in [0.25, 0.3) is 0 Å². The molecule has 2 saturated heterocycles. The lowest BCUT2D eigenvalue weighted by atomic mass is 10.0. The Morgan fingerprint density at radius 2 is 1.14 bits per heavy atom. The third-order valence-corrected chi connectivity index (χ3v) is 5.39. The molecule has 0 aromatic heterocycles. The molecule has 0 saturated carbocycles. The van der Waals surface area contributed by atoms with Gasteiger partial charge in [0.15, 0.2) is 11.6 Å². The summed E-state index contributed by atoms with van der Waals surface area (Å²) in [7, 11) is 0. The lowest BCUT2D eigenvalue weighted by Gasteiger charge is -2.28. The molecule has 0 amide bonds. The SMILES string of the molecule is CC(=O)CC(C)C.CC(C)CC1(C)OCC(C2COC(C)(CC(C)C)O2)O1.OC[C@@H](O)[C@@H](O)CO.[H+]. The molecule has 0 spiro atoms. The van der Waals surface area contributed by atoms with Crippen molar-refractivity contribution >= 4 is 5.78 Å². The highest BCUT2D eigenvalue weighted by Gasteiger charge is 2.47. The molecule has 0 aromatic carbocycles. The van der Waals surface area contributed by atoms with E-state index in [0.717, 1.165) is 19.3 Å². The molecule has 2 aliphatic heterocycles. The summed E-state index contributed by atoms with van der Waals surface area (Å²) in [5.41, 5.74) is 0. The number of ether oxygens (including phenoxy) is 4. The van der Waals surface area contributed by atoms with Crippen LogP contribution < -0.4 is 0 Å². The molecular weight excluding hydrogens is 456 g/mol. The van der Waals surface area contributed by atoms with Crippen LogP contribution in [0, 0.1) is 17.8 Å². The van der Waals surface area contributed by atoms with Crippen LogP contribution in [0.2, 0.25) is 0 Å². The third kappa shape index (κ3) is 14.6. The molecule has 2 fully saturated rings. The fourth-order valence-electron chi connectivity index (χ4n) is 4.18. The van der Waals surface area contributed by atoms with Crippen LogP contribution >= 0.6 is 0 Å². The van der Waals surface area contributed by atoms with Crippen LogP contribution in [0.5, 0.6) is 0 Å². The fraction of sp³-hybridized carbons (Fsp3) is 0.962. The van der Waals surface area contributed by atoms with Gasteiger partial charge in [0.2, 0.25) is 0 Å². The first-order valence-corrected chi connectivity index (χ1v) is 12.8. The third-order valence-electron chi connectivity index (χ3n) is 5.39. The molecule has 6 atom stereocenters. The van der Waals surface area contributed by atoms with Gasteiger partial charge in [-0.2, -0.15) is 0 Å². The topological polar surface area (TPSA) is 135 Å². The van der Waals surface area contributed by atoms with Gasteiger partial charge in [0.05, 0.1) is 26.4 Å². The summed E-state index contributed by atoms with van der Waals surface area (Å²) in [5.74, 6) is 0.960. The summed E-state index contributed by atoms with van der Waals surface area (Å²) in [6.07, 6.45) is 0.0428. The van der Waals surface area contributed by atoms with Crippen LogP contribution in [0.1, 0.15) is 83.0 Å². The van der Waals surface area contributed by atoms with E-state index in [1.165, 1.54) is 0 Å². The molecule has 4 N–H and O–H groups in total. The van der Waals surface area contributed by atoms with Crippen LogP contribution in [-0.2, 0) is 23.7 Å². The van der Waals surface area contributed by atoms with E-state index in [4.69, 9.17) is 39.4 Å². The minimum atomic E-state index is -1.22. The van der Waals surface area contributed by atoms with E-state index in [2.05, 4.69) is 27.7 Å². The quantitative estimate of drug-likeness (QED) is 0.350. The highest BCUT2D eigenvalue weighted by Crippen LogP contribution is 2.37. The number of hydrogen-bond donors (Lipinski definition) is 4. The van der Waals surface area contributed by atoms with E-state index >= 15 is 0 Å². The minimum absolute atomic E-state index is 0. The molecular formula is C26H53O9+. The Morgan fingerprint density at radius 1 is 0.800 bits per heavy atom. The summed E-state index contributed by atoms with van der Waals surface area (Å²) in [6, 6.07) is 0. The van der Waals surface area contributed by atoms with Gasteiger partial charge in [-0.1, -0.05) is 41.5 Å². The van der Waals surface area contributed by atoms with E-state index in [1.54, 1.807) is 6.92 Å². The average molecular weight is 510 g/mol. The Labute approximate surface area is 213 Å². The second-order valence-electron chi connectivity index (χ2n) is 11.2. The zero-order chi connectivity index (χ0) is 27.4. The predicted molar refractivity (Wildman–Crippen MR) is 135 cm³/mol. The number of ketones is 1. The Morgan fingerprint density at radius 3 is 1.34 bits per heavy atom. The number of aliphatic hydroxyl groups excluding tert-OH is 4. The summed E-state index contributed by atoms with van der Waals surface area (Å²) in [5, 5.41) is 33.2. The number of aliphatic hydroxyl groups is 4. The van der Waals surface area contributed by atoms with Gasteiger partial charge in [0, 0.05) is 19.3 Å². The zero-order valence-electron chi connectivity index (χ0n) is 24.3. The molecule has 9 nitrogen and oxygen atoms in total. The molecule has 0 aliphatic carbocycles. The molecule has 9 heteroatoms. The van der Waals surface area contributed by atoms with E-state index in [0.29, 0.717) is 31.0 Å². The van der Waals surface area contributed by atoms with Crippen LogP contribution in [0.4, 0.5) is 0 Å². The lowest BCUT2D eigenvalue weighted by Crippen LogP contribution is -2.36. The number of rotatable bonds is 10. The van der Waals surface area contributed by atoms with Gasteiger partial charge in [-0.25, -0.2) is 0 Å². The van der Waals surface area contributed by atoms with E-state index in [9.17, 15) is 4.79 Å². The standard InChI is InChI=1S/C16H30O4.C6H12O.C4H10O4/c1-11(2)7-15(5)17-9-13(19-15)14-10-18-16(6,20-14)8-12(3)4;1-5(2)4-6(3)7;5-1-3(7)4(8)2-6/h11-14H,7-10H2,1-6H3;5H,4H2,1-3H3;3-8H,1-2H2/p+1/t;;3-,4+. The van der Waals surface area contributed by atoms with Crippen LogP contribution in [0.3, 0.4) is 0 Å². The molecule has 210 valence electrons. The van der Waals surface area contributed by atoms with Crippen molar-refractivity contribution in [3.8, 4) is 0 Å². The average Bonchev–Trinajstić information content (AvgIpc) is 3.28. The molecule has 0 bridgehead atoms. The summed E-state index contributed by atoms with van der Waals surface area (Å²) in [4.78, 5) is 10.3. The maximum Gasteiger partial charge on any atom is 1.00 e. The van der Waals surface area contributed by atoms with Crippen molar-refractivity contribution in [2.45, 2.75) is 118 Å². The van der Waals surface area contributed by atoms with E-state index < -0.39 is 37.0 Å². The molecule has 0 aromatic rings. The largest absolute Gasteiger partial charge is 1.00 e. The van der Waals surface area contributed by atoms with Crippen molar-refractivity contribution in [2.75, 3.05) is 26.4 Å². The maximum absolute atomic E-state index is 10.3. The van der Waals surface area contributed by atoms with Gasteiger partial charge in [0.1, 0.15) is 30.2 Å². The summed E-state index contributed by atoms with van der Waals surface area (Å²) < 4.78 is 24.0. The molecule has 2 rings (SSSR count). The smallest absolute Gasteiger partial charge is 0.394 e. The Balaban J connectivity index is 0. The van der Waals surface area contributed by atoms with Crippen molar-refractivity contribution in [2.24, 2.45) is 17.8 Å². The van der Waals surface area contributed by atoms with Crippen LogP contribution in [-0.4, -0.2) is 88.6 Å². The Kier molecular flexibility index (Phi) is 15.9. The van der Waals surface area contributed by atoms with Gasteiger partial charge >= 0.3 is 1.43 Å². The van der Waals surface area contributed by atoms with Crippen molar-refractivity contribution in [1.29, 1.82) is 0 Å². The molecule has 4 unspecified atom stereocenters. The van der Waals surface area contributed by atoms with Crippen molar-refractivity contribution in [1.82, 2.24) is 0 Å². The van der Waals surface area contributed by atoms with Gasteiger partial charge in [-0.05, 0) is 38.5 Å². The van der Waals surface area contributed by atoms with Crippen molar-refractivity contribution < 1.29 is 45.6 Å². The first kappa shape index (κ1) is 34.4. The number of Topliss-reactive ketones (excluding diaryl/α,β-unsaturated/α-hetero) is 1. The monoisotopic (exact) mass is 509 g/mol. The van der Waals surface area contributed by atoms with Gasteiger partial charge < -0.3 is 44.2 Å². The van der Waals surface area contributed by atoms with Crippen LogP contribution in [0.15, 0.2) is 0 Å². The van der Waals surface area contributed by atoms with Crippen molar-refractivity contribution in [3.63, 3.8) is 0 Å². The first-order valence-electron chi connectivity index (χ1n) is 12.8. The molecule has 2 heterocycles. The molecule has 35 heavy (non-hydrogen) atoms. The Hall–Kier alpha value is -0.650. The fourth-order valence-corrected chi connectivity index (χ4v) is 4.18. The summed E-state index contributed by atoms with van der Waals surface area (Å²) >= 11 is 0. The molecule has 2 aliphatic rings. The highest BCUT2D eigenvalue weighted by molar-refractivity contribution is 5.75. The number of hydrogen-bond acceptors (Lipinski definition) is 9. The van der Waals surface area contributed by atoms with Gasteiger partial charge in [-0.3, -0.25) is 0 Å². The van der Waals surface area contributed by atoms with E-state index in [-0.39, 0.29) is 19.4 Å². The number of carbonyl (C=O) groups is 1. The minimum Gasteiger partial charge on any atom is -0.394 e. The Bertz CT molecular complexity index is 550. The highest BCUT2D eigenvalue weighted by atomic mass is 16.8. The van der Waals surface area contributed by atoms with E-state index in [1.807, 2.05) is 27.7 Å². The normalized spacial score (nSPS) is 30.1. The van der Waals surface area contributed by atoms with Gasteiger partial charge in [-0.15, -0.1) is 0 Å². The number of carbonyl (C=O) groups excluding carboxylic acids is 1. The molecule has 0 radical (unpaired) electrons. The first-order chi connectivity index (χ1) is 16.1. The second-order valence-corrected chi connectivity index (χ2v) is 11.2. The van der Waals surface area contributed by atoms with Crippen LogP contribution in [0.25, 0.3) is 0 Å². The second kappa shape index (κ2) is 16.2.